The minimum Gasteiger partial charge on any atom is -0.385 e. The molecule has 0 saturated heterocycles. The number of nitroso groups, excluding NO2 is 1. The van der Waals surface area contributed by atoms with E-state index in [9.17, 15) is 36.4 Å². The summed E-state index contributed by atoms with van der Waals surface area (Å²) in [4.78, 5) is 33.9. The highest BCUT2D eigenvalue weighted by molar-refractivity contribution is 7.90. The molecule has 3 rings (SSSR count). The number of aryl methyl sites for hydroxylation is 1. The standard InChI is InChI=1S/C20H24F3N4O6S/c1-11(20(21,22)23)13-8-15(24-9-14(13)19(29)6-5-7-19)16(28)27(30)18(3,10-34(4,31)32)17-25-12(2)33-26-17/h8-9,11,29H,5-7,10H2,1-4H3/q+1/t11-,18?/m0/s1. The fourth-order valence-electron chi connectivity index (χ4n) is 3.86. The number of carbonyl (C=O) groups is 1. The molecular formula is C20H24F3N4O6S+. The Balaban J connectivity index is 2.09. The summed E-state index contributed by atoms with van der Waals surface area (Å²) in [5, 5.41) is 14.2. The van der Waals surface area contributed by atoms with Crippen LogP contribution >= 0.6 is 0 Å². The summed E-state index contributed by atoms with van der Waals surface area (Å²) in [5.74, 6) is -4.71. The molecule has 1 amide bonds. The Morgan fingerprint density at radius 3 is 2.41 bits per heavy atom. The van der Waals surface area contributed by atoms with E-state index in [0.717, 1.165) is 32.4 Å². The summed E-state index contributed by atoms with van der Waals surface area (Å²) in [6.45, 7) is 3.37. The maximum absolute atomic E-state index is 13.6. The molecule has 2 aromatic rings. The van der Waals surface area contributed by atoms with Crippen LogP contribution in [-0.4, -0.2) is 57.5 Å². The Morgan fingerprint density at radius 1 is 1.35 bits per heavy atom. The summed E-state index contributed by atoms with van der Waals surface area (Å²) in [7, 11) is -3.86. The zero-order chi connectivity index (χ0) is 25.7. The van der Waals surface area contributed by atoms with Gasteiger partial charge in [0.25, 0.3) is 5.54 Å². The van der Waals surface area contributed by atoms with Gasteiger partial charge in [0.15, 0.2) is 15.5 Å². The van der Waals surface area contributed by atoms with Crippen LogP contribution in [0, 0.1) is 11.8 Å². The first-order valence-electron chi connectivity index (χ1n) is 10.3. The van der Waals surface area contributed by atoms with Crippen molar-refractivity contribution in [1.29, 1.82) is 0 Å². The number of pyridine rings is 1. The van der Waals surface area contributed by atoms with Gasteiger partial charge >= 0.3 is 12.1 Å². The average Bonchev–Trinajstić information content (AvgIpc) is 3.15. The van der Waals surface area contributed by atoms with E-state index in [2.05, 4.69) is 15.1 Å². The van der Waals surface area contributed by atoms with Crippen molar-refractivity contribution in [2.75, 3.05) is 12.0 Å². The zero-order valence-electron chi connectivity index (χ0n) is 18.9. The Hall–Kier alpha value is -2.74. The summed E-state index contributed by atoms with van der Waals surface area (Å²) in [6, 6.07) is 0.819. The van der Waals surface area contributed by atoms with Crippen LogP contribution in [-0.2, 0) is 21.0 Å². The van der Waals surface area contributed by atoms with Gasteiger partial charge < -0.3 is 9.63 Å². The molecule has 0 bridgehead atoms. The Bertz CT molecular complexity index is 1240. The first-order valence-corrected chi connectivity index (χ1v) is 12.3. The number of aliphatic hydroxyl groups is 1. The van der Waals surface area contributed by atoms with E-state index in [4.69, 9.17) is 4.52 Å². The second kappa shape index (κ2) is 8.48. The number of hydrogen-bond donors (Lipinski definition) is 1. The van der Waals surface area contributed by atoms with Gasteiger partial charge in [-0.05, 0) is 37.8 Å². The lowest BCUT2D eigenvalue weighted by molar-refractivity contribution is -0.540. The average molecular weight is 505 g/mol. The summed E-state index contributed by atoms with van der Waals surface area (Å²) in [6.07, 6.45) is -1.82. The lowest BCUT2D eigenvalue weighted by Gasteiger charge is -2.39. The number of halogens is 3. The van der Waals surface area contributed by atoms with E-state index >= 15 is 0 Å². The normalized spacial score (nSPS) is 18.6. The van der Waals surface area contributed by atoms with Crippen molar-refractivity contribution in [2.45, 2.75) is 63.3 Å². The highest BCUT2D eigenvalue weighted by atomic mass is 32.2. The highest BCUT2D eigenvalue weighted by Gasteiger charge is 2.55. The van der Waals surface area contributed by atoms with Crippen LogP contribution in [0.2, 0.25) is 0 Å². The third kappa shape index (κ3) is 4.87. The minimum absolute atomic E-state index is 0.00748. The second-order valence-electron chi connectivity index (χ2n) is 8.89. The van der Waals surface area contributed by atoms with Gasteiger partial charge in [0.2, 0.25) is 11.7 Å². The predicted molar refractivity (Wildman–Crippen MR) is 111 cm³/mol. The Kier molecular flexibility index (Phi) is 6.46. The lowest BCUT2D eigenvalue weighted by Crippen LogP contribution is -2.45. The van der Waals surface area contributed by atoms with Gasteiger partial charge in [-0.15, -0.1) is 0 Å². The number of sulfone groups is 1. The van der Waals surface area contributed by atoms with Crippen LogP contribution in [0.3, 0.4) is 0 Å². The number of hydrogen-bond acceptors (Lipinski definition) is 9. The molecule has 1 aliphatic rings. The maximum Gasteiger partial charge on any atom is 0.484 e. The van der Waals surface area contributed by atoms with Crippen LogP contribution in [0.5, 0.6) is 0 Å². The van der Waals surface area contributed by atoms with E-state index in [1.165, 1.54) is 6.92 Å². The van der Waals surface area contributed by atoms with Crippen LogP contribution in [0.15, 0.2) is 16.8 Å². The van der Waals surface area contributed by atoms with Gasteiger partial charge in [-0.1, -0.05) is 5.16 Å². The van der Waals surface area contributed by atoms with E-state index in [-0.39, 0.29) is 40.4 Å². The van der Waals surface area contributed by atoms with Gasteiger partial charge in [-0.2, -0.15) is 18.2 Å². The smallest absolute Gasteiger partial charge is 0.385 e. The van der Waals surface area contributed by atoms with Crippen molar-refractivity contribution in [3.05, 3.63) is 45.7 Å². The second-order valence-corrected chi connectivity index (χ2v) is 11.0. The monoisotopic (exact) mass is 505 g/mol. The van der Waals surface area contributed by atoms with Crippen molar-refractivity contribution in [3.63, 3.8) is 0 Å². The van der Waals surface area contributed by atoms with E-state index in [1.54, 1.807) is 0 Å². The first-order chi connectivity index (χ1) is 15.5. The summed E-state index contributed by atoms with van der Waals surface area (Å²) in [5.41, 5.74) is -4.75. The number of nitrogens with zero attached hydrogens (tertiary/aromatic N) is 4. The lowest BCUT2D eigenvalue weighted by atomic mass is 9.72. The molecule has 10 nitrogen and oxygen atoms in total. The van der Waals surface area contributed by atoms with E-state index < -0.39 is 50.4 Å². The molecule has 1 saturated carbocycles. The molecule has 1 aliphatic carbocycles. The van der Waals surface area contributed by atoms with Crippen LogP contribution in [0.25, 0.3) is 0 Å². The fourth-order valence-corrected chi connectivity index (χ4v) is 5.13. The quantitative estimate of drug-likeness (QED) is 0.562. The molecule has 0 aromatic carbocycles. The first kappa shape index (κ1) is 25.9. The fraction of sp³-hybridized carbons (Fsp3) is 0.600. The molecule has 2 aromatic heterocycles. The van der Waals surface area contributed by atoms with Crippen molar-refractivity contribution in [1.82, 2.24) is 15.1 Å². The van der Waals surface area contributed by atoms with Crippen molar-refractivity contribution >= 4 is 15.7 Å². The Morgan fingerprint density at radius 2 is 1.97 bits per heavy atom. The van der Waals surface area contributed by atoms with Crippen LogP contribution in [0.1, 0.15) is 72.4 Å². The molecule has 186 valence electrons. The van der Waals surface area contributed by atoms with Crippen LogP contribution in [0.4, 0.5) is 13.2 Å². The number of alkyl halides is 3. The SMILES string of the molecule is Cc1nc(C(C)(CS(C)(=O)=O)[N+](=O)C(=O)c2cc([C@H](C)C(F)(F)F)c(C3(O)CCC3)cn2)no1. The topological polar surface area (TPSA) is 143 Å². The Labute approximate surface area is 193 Å². The molecule has 34 heavy (non-hydrogen) atoms. The molecule has 1 N–H and O–H groups in total. The van der Waals surface area contributed by atoms with Crippen molar-refractivity contribution in [3.8, 4) is 0 Å². The molecule has 0 spiro atoms. The van der Waals surface area contributed by atoms with Gasteiger partial charge in [0.1, 0.15) is 5.75 Å². The van der Waals surface area contributed by atoms with Crippen molar-refractivity contribution < 1.29 is 40.8 Å². The molecule has 1 unspecified atom stereocenters. The van der Waals surface area contributed by atoms with E-state index in [0.29, 0.717) is 6.42 Å². The molecular weight excluding hydrogens is 481 g/mol. The molecule has 0 radical (unpaired) electrons. The molecule has 2 atom stereocenters. The third-order valence-electron chi connectivity index (χ3n) is 5.98. The van der Waals surface area contributed by atoms with Gasteiger partial charge in [0, 0.05) is 36.8 Å². The molecule has 1 fully saturated rings. The number of carbonyl (C=O) groups excluding carboxylic acids is 1. The number of amides is 1. The van der Waals surface area contributed by atoms with Gasteiger partial charge in [0.05, 0.1) is 16.3 Å². The van der Waals surface area contributed by atoms with Crippen molar-refractivity contribution in [2.24, 2.45) is 0 Å². The molecule has 14 heteroatoms. The molecule has 2 heterocycles. The molecule has 0 aliphatic heterocycles. The predicted octanol–water partition coefficient (Wildman–Crippen LogP) is 2.69. The summed E-state index contributed by atoms with van der Waals surface area (Å²) >= 11 is 0. The zero-order valence-corrected chi connectivity index (χ0v) is 19.7. The largest absolute Gasteiger partial charge is 0.484 e. The maximum atomic E-state index is 13.6. The van der Waals surface area contributed by atoms with Gasteiger partial charge in [-0.3, -0.25) is 0 Å². The number of aromatic nitrogens is 3. The van der Waals surface area contributed by atoms with E-state index in [1.807, 2.05) is 0 Å². The third-order valence-corrected chi connectivity index (χ3v) is 7.07. The van der Waals surface area contributed by atoms with Crippen LogP contribution < -0.4 is 0 Å². The minimum atomic E-state index is -4.69. The number of rotatable bonds is 7. The summed E-state index contributed by atoms with van der Waals surface area (Å²) < 4.78 is 69.3. The van der Waals surface area contributed by atoms with Gasteiger partial charge in [-0.25, -0.2) is 18.2 Å². The highest BCUT2D eigenvalue weighted by Crippen LogP contribution is 2.46.